The van der Waals surface area contributed by atoms with Crippen LogP contribution in [0, 0.1) is 17.0 Å². The molecule has 1 fully saturated rings. The molecule has 0 bridgehead atoms. The number of methoxy groups -OCH3 is 3. The van der Waals surface area contributed by atoms with E-state index in [1.807, 2.05) is 19.2 Å². The lowest BCUT2D eigenvalue weighted by Gasteiger charge is -2.41. The van der Waals surface area contributed by atoms with Crippen LogP contribution < -0.4 is 19.5 Å². The molecule has 0 spiro atoms. The minimum absolute atomic E-state index is 0.280. The topological polar surface area (TPSA) is 112 Å². The average Bonchev–Trinajstić information content (AvgIpc) is 3.04. The SMILES string of the molecule is CCCOc1cccc(C)c1[C@]1(OC)CC[C@H](NCCCC(c2cccc(OC)c2)c2cccc(OC)c2)CC1.O=[N+]([O-])O. The van der Waals surface area contributed by atoms with Crippen molar-refractivity contribution in [3.8, 4) is 17.2 Å². The second-order valence-electron chi connectivity index (χ2n) is 11.2. The van der Waals surface area contributed by atoms with E-state index in [2.05, 4.69) is 73.8 Å². The fourth-order valence-corrected chi connectivity index (χ4v) is 6.26. The molecular weight excluding hydrogens is 560 g/mol. The summed E-state index contributed by atoms with van der Waals surface area (Å²) in [5, 5.41) is 17.5. The molecule has 0 unspecified atom stereocenters. The number of hydrogen-bond donors (Lipinski definition) is 2. The number of aryl methyl sites for hydroxylation is 1. The molecule has 9 heteroatoms. The molecule has 0 saturated heterocycles. The summed E-state index contributed by atoms with van der Waals surface area (Å²) in [6.07, 6.45) is 7.28. The highest BCUT2D eigenvalue weighted by Gasteiger charge is 2.40. The monoisotopic (exact) mass is 608 g/mol. The van der Waals surface area contributed by atoms with Crippen LogP contribution in [0.5, 0.6) is 17.2 Å². The zero-order chi connectivity index (χ0) is 32.0. The van der Waals surface area contributed by atoms with Gasteiger partial charge in [-0.05, 0) is 105 Å². The molecule has 2 N–H and O–H groups in total. The molecular formula is C35H48N2O7. The van der Waals surface area contributed by atoms with E-state index in [1.54, 1.807) is 14.2 Å². The van der Waals surface area contributed by atoms with Gasteiger partial charge in [0.1, 0.15) is 17.2 Å². The van der Waals surface area contributed by atoms with E-state index >= 15 is 0 Å². The fourth-order valence-electron chi connectivity index (χ4n) is 6.26. The zero-order valence-electron chi connectivity index (χ0n) is 26.7. The van der Waals surface area contributed by atoms with Gasteiger partial charge in [-0.1, -0.05) is 43.3 Å². The molecule has 3 aromatic carbocycles. The minimum Gasteiger partial charge on any atom is -0.497 e. The molecule has 1 aliphatic carbocycles. The van der Waals surface area contributed by atoms with Crippen LogP contribution in [-0.2, 0) is 10.3 Å². The smallest absolute Gasteiger partial charge is 0.291 e. The van der Waals surface area contributed by atoms with Gasteiger partial charge in [-0.2, -0.15) is 0 Å². The maximum Gasteiger partial charge on any atom is 0.291 e. The third-order valence-corrected chi connectivity index (χ3v) is 8.43. The lowest BCUT2D eigenvalue weighted by molar-refractivity contribution is -0.742. The van der Waals surface area contributed by atoms with Crippen molar-refractivity contribution in [2.75, 3.05) is 34.5 Å². The van der Waals surface area contributed by atoms with Crippen molar-refractivity contribution in [2.45, 2.75) is 76.4 Å². The number of ether oxygens (including phenoxy) is 4. The van der Waals surface area contributed by atoms with Crippen molar-refractivity contribution < 1.29 is 29.2 Å². The van der Waals surface area contributed by atoms with Crippen molar-refractivity contribution in [3.05, 3.63) is 99.1 Å². The Morgan fingerprint density at radius 1 is 0.977 bits per heavy atom. The van der Waals surface area contributed by atoms with E-state index in [1.165, 1.54) is 22.3 Å². The first kappa shape index (κ1) is 34.7. The third kappa shape index (κ3) is 9.59. The van der Waals surface area contributed by atoms with Crippen LogP contribution in [-0.4, -0.2) is 50.8 Å². The predicted molar refractivity (Wildman–Crippen MR) is 172 cm³/mol. The first-order chi connectivity index (χ1) is 21.3. The Kier molecular flexibility index (Phi) is 13.8. The average molecular weight is 609 g/mol. The molecule has 0 atom stereocenters. The lowest BCUT2D eigenvalue weighted by Crippen LogP contribution is -2.41. The van der Waals surface area contributed by atoms with Crippen LogP contribution >= 0.6 is 0 Å². The summed E-state index contributed by atoms with van der Waals surface area (Å²) in [7, 11) is 5.31. The molecule has 3 aromatic rings. The Balaban J connectivity index is 0.00000124. The summed E-state index contributed by atoms with van der Waals surface area (Å²) in [4.78, 5) is 8.36. The van der Waals surface area contributed by atoms with Gasteiger partial charge >= 0.3 is 0 Å². The quantitative estimate of drug-likeness (QED) is 0.110. The summed E-state index contributed by atoms with van der Waals surface area (Å²) in [5.41, 5.74) is 4.76. The molecule has 0 amide bonds. The standard InChI is InChI=1S/C35H47NO4.HNO3/c1-6-23-40-33-17-7-11-26(2)34(33)35(39-5)20-18-29(19-21-35)36-22-10-16-32(27-12-8-14-30(24-27)37-3)28-13-9-15-31(25-28)38-4;2-1(3)4/h7-9,11-15,17,24-25,29,32,36H,6,10,16,18-23H2,1-5H3;(H,2,3,4)/t29-,35-;. The maximum atomic E-state index is 8.36. The normalized spacial score (nSPS) is 17.8. The minimum atomic E-state index is -1.50. The van der Waals surface area contributed by atoms with Crippen LogP contribution in [0.15, 0.2) is 66.7 Å². The Hall–Kier alpha value is -3.82. The second kappa shape index (κ2) is 17.5. The van der Waals surface area contributed by atoms with Gasteiger partial charge in [0, 0.05) is 24.6 Å². The zero-order valence-corrected chi connectivity index (χ0v) is 26.7. The Labute approximate surface area is 261 Å². The summed E-state index contributed by atoms with van der Waals surface area (Å²) in [5.74, 6) is 3.05. The van der Waals surface area contributed by atoms with Gasteiger partial charge in [0.05, 0.1) is 26.4 Å². The Bertz CT molecular complexity index is 1260. The van der Waals surface area contributed by atoms with E-state index < -0.39 is 5.09 Å². The molecule has 9 nitrogen and oxygen atoms in total. The number of nitrogens with zero attached hydrogens (tertiary/aromatic N) is 1. The lowest BCUT2D eigenvalue weighted by atomic mass is 9.75. The van der Waals surface area contributed by atoms with E-state index in [4.69, 9.17) is 34.3 Å². The molecule has 0 heterocycles. The van der Waals surface area contributed by atoms with E-state index in [-0.39, 0.29) is 11.5 Å². The largest absolute Gasteiger partial charge is 0.497 e. The molecule has 0 aliphatic heterocycles. The summed E-state index contributed by atoms with van der Waals surface area (Å²) in [6.45, 7) is 6.05. The van der Waals surface area contributed by atoms with Gasteiger partial charge in [0.15, 0.2) is 0 Å². The molecule has 1 aliphatic rings. The molecule has 0 radical (unpaired) electrons. The highest BCUT2D eigenvalue weighted by Crippen LogP contribution is 2.45. The van der Waals surface area contributed by atoms with Crippen molar-refractivity contribution in [1.82, 2.24) is 5.32 Å². The van der Waals surface area contributed by atoms with Gasteiger partial charge < -0.3 is 29.5 Å². The van der Waals surface area contributed by atoms with Crippen LogP contribution in [0.2, 0.25) is 0 Å². The summed E-state index contributed by atoms with van der Waals surface area (Å²) < 4.78 is 23.5. The highest BCUT2D eigenvalue weighted by atomic mass is 16.9. The van der Waals surface area contributed by atoms with Crippen LogP contribution in [0.25, 0.3) is 0 Å². The number of rotatable bonds is 14. The van der Waals surface area contributed by atoms with Crippen molar-refractivity contribution in [3.63, 3.8) is 0 Å². The number of nitrogens with one attached hydrogen (secondary N) is 1. The van der Waals surface area contributed by atoms with E-state index in [0.29, 0.717) is 6.04 Å². The molecule has 44 heavy (non-hydrogen) atoms. The van der Waals surface area contributed by atoms with E-state index in [9.17, 15) is 0 Å². The number of hydrogen-bond acceptors (Lipinski definition) is 7. The Morgan fingerprint density at radius 3 is 2.07 bits per heavy atom. The van der Waals surface area contributed by atoms with Gasteiger partial charge in [-0.3, -0.25) is 0 Å². The van der Waals surface area contributed by atoms with Gasteiger partial charge in [-0.25, -0.2) is 0 Å². The van der Waals surface area contributed by atoms with Gasteiger partial charge in [0.25, 0.3) is 5.09 Å². The van der Waals surface area contributed by atoms with Crippen molar-refractivity contribution >= 4 is 0 Å². The first-order valence-corrected chi connectivity index (χ1v) is 15.4. The third-order valence-electron chi connectivity index (χ3n) is 8.43. The fraction of sp³-hybridized carbons (Fsp3) is 0.486. The highest BCUT2D eigenvalue weighted by molar-refractivity contribution is 5.44. The van der Waals surface area contributed by atoms with Crippen molar-refractivity contribution in [2.24, 2.45) is 0 Å². The molecule has 1 saturated carbocycles. The predicted octanol–water partition coefficient (Wildman–Crippen LogP) is 7.44. The van der Waals surface area contributed by atoms with Crippen LogP contribution in [0.4, 0.5) is 0 Å². The molecule has 240 valence electrons. The van der Waals surface area contributed by atoms with Crippen molar-refractivity contribution in [1.29, 1.82) is 0 Å². The first-order valence-electron chi connectivity index (χ1n) is 15.4. The number of benzene rings is 3. The summed E-state index contributed by atoms with van der Waals surface area (Å²) >= 11 is 0. The van der Waals surface area contributed by atoms with Crippen LogP contribution in [0.1, 0.15) is 80.0 Å². The second-order valence-corrected chi connectivity index (χ2v) is 11.2. The van der Waals surface area contributed by atoms with Crippen LogP contribution in [0.3, 0.4) is 0 Å². The molecule has 0 aromatic heterocycles. The maximum absolute atomic E-state index is 8.36. The van der Waals surface area contributed by atoms with Gasteiger partial charge in [-0.15, -0.1) is 10.1 Å². The molecule has 4 rings (SSSR count). The Morgan fingerprint density at radius 2 is 1.55 bits per heavy atom. The summed E-state index contributed by atoms with van der Waals surface area (Å²) in [6, 6.07) is 23.8. The van der Waals surface area contributed by atoms with Gasteiger partial charge in [0.2, 0.25) is 0 Å². The van der Waals surface area contributed by atoms with E-state index in [0.717, 1.165) is 75.3 Å².